The van der Waals surface area contributed by atoms with E-state index in [0.717, 1.165) is 18.6 Å². The number of rotatable bonds is 9. The van der Waals surface area contributed by atoms with Crippen molar-refractivity contribution in [2.24, 2.45) is 5.10 Å². The van der Waals surface area contributed by atoms with Gasteiger partial charge < -0.3 is 13.9 Å². The van der Waals surface area contributed by atoms with Crippen LogP contribution in [-0.2, 0) is 0 Å². The molecule has 0 aliphatic heterocycles. The molecule has 1 amide bonds. The SMILES string of the molecule is CCCCOc1ccc(C(=O)Oc2ccc(/C=N\NC(=O)c3ccc(Br)o3)cc2)cc1. The fourth-order valence-electron chi connectivity index (χ4n) is 2.47. The third kappa shape index (κ3) is 6.82. The van der Waals surface area contributed by atoms with Crippen LogP contribution in [0.1, 0.15) is 46.2 Å². The van der Waals surface area contributed by atoms with E-state index in [1.165, 1.54) is 12.3 Å². The first-order valence-corrected chi connectivity index (χ1v) is 10.5. The van der Waals surface area contributed by atoms with E-state index in [9.17, 15) is 9.59 Å². The zero-order valence-corrected chi connectivity index (χ0v) is 18.4. The molecule has 1 aromatic heterocycles. The normalized spacial score (nSPS) is 10.8. The molecule has 3 rings (SSSR count). The second kappa shape index (κ2) is 11.1. The molecule has 3 aromatic rings. The number of nitrogens with one attached hydrogen (secondary N) is 1. The molecular formula is C23H21BrN2O5. The van der Waals surface area contributed by atoms with Crippen LogP contribution in [0.25, 0.3) is 0 Å². The van der Waals surface area contributed by atoms with Crippen LogP contribution >= 0.6 is 15.9 Å². The minimum atomic E-state index is -0.464. The summed E-state index contributed by atoms with van der Waals surface area (Å²) < 4.78 is 16.6. The first-order chi connectivity index (χ1) is 15.0. The third-order valence-corrected chi connectivity index (χ3v) is 4.55. The molecule has 1 heterocycles. The Labute approximate surface area is 188 Å². The molecule has 0 saturated carbocycles. The number of hydrogen-bond acceptors (Lipinski definition) is 6. The second-order valence-electron chi connectivity index (χ2n) is 6.49. The van der Waals surface area contributed by atoms with E-state index in [0.29, 0.717) is 28.2 Å². The van der Waals surface area contributed by atoms with Crippen molar-refractivity contribution in [1.82, 2.24) is 5.43 Å². The molecule has 0 radical (unpaired) electrons. The van der Waals surface area contributed by atoms with E-state index < -0.39 is 11.9 Å². The number of amides is 1. The van der Waals surface area contributed by atoms with Gasteiger partial charge in [0.05, 0.1) is 18.4 Å². The Kier molecular flexibility index (Phi) is 8.00. The highest BCUT2D eigenvalue weighted by molar-refractivity contribution is 9.10. The van der Waals surface area contributed by atoms with Gasteiger partial charge in [0.25, 0.3) is 0 Å². The van der Waals surface area contributed by atoms with Crippen LogP contribution in [0.3, 0.4) is 0 Å². The third-order valence-electron chi connectivity index (χ3n) is 4.12. The highest BCUT2D eigenvalue weighted by atomic mass is 79.9. The zero-order valence-electron chi connectivity index (χ0n) is 16.8. The number of esters is 1. The van der Waals surface area contributed by atoms with Crippen LogP contribution < -0.4 is 14.9 Å². The molecule has 160 valence electrons. The monoisotopic (exact) mass is 484 g/mol. The Hall–Kier alpha value is -3.39. The molecule has 31 heavy (non-hydrogen) atoms. The van der Waals surface area contributed by atoms with Gasteiger partial charge in [-0.25, -0.2) is 10.2 Å². The van der Waals surface area contributed by atoms with Crippen molar-refractivity contribution < 1.29 is 23.5 Å². The first-order valence-electron chi connectivity index (χ1n) is 9.69. The number of halogens is 1. The molecule has 0 saturated heterocycles. The molecule has 1 N–H and O–H groups in total. The average Bonchev–Trinajstić information content (AvgIpc) is 3.22. The fraction of sp³-hybridized carbons (Fsp3) is 0.174. The molecule has 0 unspecified atom stereocenters. The van der Waals surface area contributed by atoms with Gasteiger partial charge in [0.2, 0.25) is 0 Å². The minimum Gasteiger partial charge on any atom is -0.494 e. The average molecular weight is 485 g/mol. The standard InChI is InChI=1S/C23H21BrN2O5/c1-2-3-14-29-18-10-6-17(7-11-18)23(28)30-19-8-4-16(5-9-19)15-25-26-22(27)20-12-13-21(24)31-20/h4-13,15H,2-3,14H2,1H3,(H,26,27)/b25-15-. The van der Waals surface area contributed by atoms with Crippen LogP contribution in [0.2, 0.25) is 0 Å². The minimum absolute atomic E-state index is 0.145. The van der Waals surface area contributed by atoms with Gasteiger partial charge in [-0.1, -0.05) is 13.3 Å². The van der Waals surface area contributed by atoms with Crippen molar-refractivity contribution in [3.8, 4) is 11.5 Å². The van der Waals surface area contributed by atoms with E-state index in [-0.39, 0.29) is 5.76 Å². The van der Waals surface area contributed by atoms with Crippen molar-refractivity contribution in [2.75, 3.05) is 6.61 Å². The van der Waals surface area contributed by atoms with Gasteiger partial charge >= 0.3 is 11.9 Å². The number of nitrogens with zero attached hydrogens (tertiary/aromatic N) is 1. The molecule has 8 heteroatoms. The van der Waals surface area contributed by atoms with Gasteiger partial charge in [-0.05, 0) is 88.6 Å². The van der Waals surface area contributed by atoms with Gasteiger partial charge in [0.15, 0.2) is 10.4 Å². The van der Waals surface area contributed by atoms with Crippen LogP contribution in [0.5, 0.6) is 11.5 Å². The summed E-state index contributed by atoms with van der Waals surface area (Å²) in [5.74, 6) is 0.342. The van der Waals surface area contributed by atoms with Gasteiger partial charge in [-0.2, -0.15) is 5.10 Å². The lowest BCUT2D eigenvalue weighted by molar-refractivity contribution is 0.0734. The first kappa shape index (κ1) is 22.3. The van der Waals surface area contributed by atoms with Crippen molar-refractivity contribution in [3.63, 3.8) is 0 Å². The molecular weight excluding hydrogens is 464 g/mol. The Morgan fingerprint density at radius 1 is 1.03 bits per heavy atom. The van der Waals surface area contributed by atoms with Crippen molar-refractivity contribution in [3.05, 3.63) is 82.2 Å². The van der Waals surface area contributed by atoms with E-state index in [1.54, 1.807) is 54.6 Å². The maximum Gasteiger partial charge on any atom is 0.343 e. The van der Waals surface area contributed by atoms with Crippen LogP contribution in [-0.4, -0.2) is 24.7 Å². The number of hydrogen-bond donors (Lipinski definition) is 1. The number of unbranched alkanes of at least 4 members (excludes halogenated alkanes) is 1. The summed E-state index contributed by atoms with van der Waals surface area (Å²) in [6, 6.07) is 16.7. The molecule has 0 aliphatic rings. The zero-order chi connectivity index (χ0) is 22.1. The molecule has 0 spiro atoms. The Morgan fingerprint density at radius 2 is 1.74 bits per heavy atom. The molecule has 2 aromatic carbocycles. The summed E-state index contributed by atoms with van der Waals surface area (Å²) >= 11 is 3.13. The lowest BCUT2D eigenvalue weighted by atomic mass is 10.2. The molecule has 0 bridgehead atoms. The lowest BCUT2D eigenvalue weighted by Crippen LogP contribution is -2.16. The summed E-state index contributed by atoms with van der Waals surface area (Å²) in [6.45, 7) is 2.75. The predicted molar refractivity (Wildman–Crippen MR) is 120 cm³/mol. The van der Waals surface area contributed by atoms with E-state index >= 15 is 0 Å². The van der Waals surface area contributed by atoms with Gasteiger partial charge in [-0.3, -0.25) is 4.79 Å². The van der Waals surface area contributed by atoms with Crippen LogP contribution in [0.15, 0.2) is 74.9 Å². The van der Waals surface area contributed by atoms with Crippen LogP contribution in [0, 0.1) is 0 Å². The highest BCUT2D eigenvalue weighted by Gasteiger charge is 2.10. The lowest BCUT2D eigenvalue weighted by Gasteiger charge is -2.07. The van der Waals surface area contributed by atoms with Crippen molar-refractivity contribution in [2.45, 2.75) is 19.8 Å². The van der Waals surface area contributed by atoms with Gasteiger partial charge in [0, 0.05) is 0 Å². The molecule has 0 fully saturated rings. The topological polar surface area (TPSA) is 90.1 Å². The number of furan rings is 1. The number of ether oxygens (including phenoxy) is 2. The molecule has 7 nitrogen and oxygen atoms in total. The van der Waals surface area contributed by atoms with E-state index in [2.05, 4.69) is 33.4 Å². The van der Waals surface area contributed by atoms with Crippen LogP contribution in [0.4, 0.5) is 0 Å². The predicted octanol–water partition coefficient (Wildman–Crippen LogP) is 5.20. The molecule has 0 aliphatic carbocycles. The fourth-order valence-corrected chi connectivity index (χ4v) is 2.77. The van der Waals surface area contributed by atoms with Gasteiger partial charge in [0.1, 0.15) is 11.5 Å². The molecule has 0 atom stereocenters. The van der Waals surface area contributed by atoms with Crippen molar-refractivity contribution >= 4 is 34.0 Å². The number of hydrazone groups is 1. The highest BCUT2D eigenvalue weighted by Crippen LogP contribution is 2.17. The number of carbonyl (C=O) groups is 2. The summed E-state index contributed by atoms with van der Waals surface area (Å²) in [5, 5.41) is 3.88. The van der Waals surface area contributed by atoms with Gasteiger partial charge in [-0.15, -0.1) is 0 Å². The maximum absolute atomic E-state index is 12.3. The Bertz CT molecular complexity index is 1040. The quantitative estimate of drug-likeness (QED) is 0.148. The second-order valence-corrected chi connectivity index (χ2v) is 7.27. The largest absolute Gasteiger partial charge is 0.494 e. The van der Waals surface area contributed by atoms with E-state index in [4.69, 9.17) is 13.9 Å². The maximum atomic E-state index is 12.3. The Morgan fingerprint density at radius 3 is 2.39 bits per heavy atom. The number of carbonyl (C=O) groups excluding carboxylic acids is 2. The van der Waals surface area contributed by atoms with Crippen molar-refractivity contribution in [1.29, 1.82) is 0 Å². The Balaban J connectivity index is 1.50. The van der Waals surface area contributed by atoms with E-state index in [1.807, 2.05) is 0 Å². The number of benzene rings is 2. The summed E-state index contributed by atoms with van der Waals surface area (Å²) in [7, 11) is 0. The summed E-state index contributed by atoms with van der Waals surface area (Å²) in [4.78, 5) is 24.1. The smallest absolute Gasteiger partial charge is 0.343 e. The summed E-state index contributed by atoms with van der Waals surface area (Å²) in [5.41, 5.74) is 3.52. The summed E-state index contributed by atoms with van der Waals surface area (Å²) in [6.07, 6.45) is 3.52.